The van der Waals surface area contributed by atoms with Crippen molar-refractivity contribution in [3.05, 3.63) is 18.2 Å². The maximum absolute atomic E-state index is 11.4. The van der Waals surface area contributed by atoms with Gasteiger partial charge in [0.25, 0.3) is 0 Å². The van der Waals surface area contributed by atoms with Crippen LogP contribution >= 0.6 is 11.8 Å². The normalized spacial score (nSPS) is 19.5. The first-order valence-electron chi connectivity index (χ1n) is 6.58. The molecule has 5 heteroatoms. The van der Waals surface area contributed by atoms with Crippen LogP contribution in [0.4, 0.5) is 11.4 Å². The molecular formula is C14H18N2O2S. The topological polar surface area (TPSA) is 50.4 Å². The summed E-state index contributed by atoms with van der Waals surface area (Å²) in [5.41, 5.74) is 1.97. The number of carbonyl (C=O) groups is 1. The highest BCUT2D eigenvalue weighted by Gasteiger charge is 2.31. The summed E-state index contributed by atoms with van der Waals surface area (Å²) in [7, 11) is 1.74. The fourth-order valence-corrected chi connectivity index (χ4v) is 3.15. The lowest BCUT2D eigenvalue weighted by atomic mass is 10.1. The molecule has 1 atom stereocenters. The van der Waals surface area contributed by atoms with E-state index in [2.05, 4.69) is 22.8 Å². The lowest BCUT2D eigenvalue weighted by Gasteiger charge is -2.21. The van der Waals surface area contributed by atoms with E-state index >= 15 is 0 Å². The Labute approximate surface area is 117 Å². The second kappa shape index (κ2) is 5.43. The van der Waals surface area contributed by atoms with Crippen LogP contribution in [0.3, 0.4) is 0 Å². The van der Waals surface area contributed by atoms with E-state index in [1.165, 1.54) is 12.8 Å². The number of thioether (sulfide) groups is 1. The van der Waals surface area contributed by atoms with Crippen LogP contribution < -0.4 is 10.6 Å². The number of carbonyl (C=O) groups excluding carboxylic acids is 1. The molecule has 1 saturated carbocycles. The fraction of sp³-hybridized carbons (Fsp3) is 0.500. The standard InChI is InChI=1S/C14H18N2O2S/c1-18-7-12(9-2-3-9)15-10-4-5-13-11(6-10)16-14(17)8-19-13/h4-6,9,12,15H,2-3,7-8H2,1H3,(H,16,17). The summed E-state index contributed by atoms with van der Waals surface area (Å²) in [6.45, 7) is 0.725. The Kier molecular flexibility index (Phi) is 3.66. The number of hydrogen-bond donors (Lipinski definition) is 2. The molecule has 0 aromatic heterocycles. The zero-order valence-electron chi connectivity index (χ0n) is 10.9. The molecule has 1 aliphatic heterocycles. The van der Waals surface area contributed by atoms with Crippen molar-refractivity contribution in [2.75, 3.05) is 30.1 Å². The smallest absolute Gasteiger partial charge is 0.234 e. The molecule has 1 unspecified atom stereocenters. The van der Waals surface area contributed by atoms with E-state index in [1.807, 2.05) is 6.07 Å². The number of nitrogens with one attached hydrogen (secondary N) is 2. The second-order valence-corrected chi connectivity index (χ2v) is 6.11. The Bertz CT molecular complexity index is 488. The first-order chi connectivity index (χ1) is 9.26. The highest BCUT2D eigenvalue weighted by Crippen LogP contribution is 2.37. The molecule has 2 N–H and O–H groups in total. The number of ether oxygens (including phenoxy) is 1. The molecule has 2 aliphatic rings. The number of fused-ring (bicyclic) bond motifs is 1. The Morgan fingerprint density at radius 3 is 3.11 bits per heavy atom. The van der Waals surface area contributed by atoms with Gasteiger partial charge in [-0.1, -0.05) is 0 Å². The minimum atomic E-state index is 0.0743. The molecule has 19 heavy (non-hydrogen) atoms. The van der Waals surface area contributed by atoms with E-state index in [0.717, 1.165) is 28.8 Å². The number of anilines is 2. The molecular weight excluding hydrogens is 260 g/mol. The molecule has 102 valence electrons. The molecule has 1 aromatic rings. The Morgan fingerprint density at radius 2 is 2.37 bits per heavy atom. The lowest BCUT2D eigenvalue weighted by molar-refractivity contribution is -0.113. The Hall–Kier alpha value is -1.20. The van der Waals surface area contributed by atoms with Gasteiger partial charge in [-0.05, 0) is 37.0 Å². The fourth-order valence-electron chi connectivity index (χ4n) is 2.36. The molecule has 1 aliphatic carbocycles. The number of hydrogen-bond acceptors (Lipinski definition) is 4. The number of rotatable bonds is 5. The maximum Gasteiger partial charge on any atom is 0.234 e. The van der Waals surface area contributed by atoms with Crippen LogP contribution in [0.25, 0.3) is 0 Å². The van der Waals surface area contributed by atoms with Gasteiger partial charge in [0, 0.05) is 17.7 Å². The lowest BCUT2D eigenvalue weighted by Crippen LogP contribution is -2.27. The van der Waals surface area contributed by atoms with Gasteiger partial charge in [-0.3, -0.25) is 4.79 Å². The predicted octanol–water partition coefficient (Wildman–Crippen LogP) is 2.57. The van der Waals surface area contributed by atoms with E-state index in [9.17, 15) is 4.79 Å². The maximum atomic E-state index is 11.4. The summed E-state index contributed by atoms with van der Waals surface area (Å²) >= 11 is 1.59. The van der Waals surface area contributed by atoms with Gasteiger partial charge in [0.1, 0.15) is 0 Å². The van der Waals surface area contributed by atoms with Crippen molar-refractivity contribution in [3.63, 3.8) is 0 Å². The summed E-state index contributed by atoms with van der Waals surface area (Å²) in [5.74, 6) is 1.30. The van der Waals surface area contributed by atoms with Crippen molar-refractivity contribution < 1.29 is 9.53 Å². The third kappa shape index (κ3) is 3.04. The monoisotopic (exact) mass is 278 g/mol. The molecule has 4 nitrogen and oxygen atoms in total. The van der Waals surface area contributed by atoms with E-state index in [-0.39, 0.29) is 5.91 Å². The molecule has 1 aromatic carbocycles. The minimum Gasteiger partial charge on any atom is -0.383 e. The predicted molar refractivity (Wildman–Crippen MR) is 77.8 cm³/mol. The number of amides is 1. The van der Waals surface area contributed by atoms with Gasteiger partial charge < -0.3 is 15.4 Å². The van der Waals surface area contributed by atoms with Crippen molar-refractivity contribution in [1.29, 1.82) is 0 Å². The third-order valence-corrected chi connectivity index (χ3v) is 4.58. The van der Waals surface area contributed by atoms with Crippen LogP contribution in [-0.4, -0.2) is 31.4 Å². The summed E-state index contributed by atoms with van der Waals surface area (Å²) in [6.07, 6.45) is 2.55. The Balaban J connectivity index is 1.73. The third-order valence-electron chi connectivity index (χ3n) is 3.50. The molecule has 0 saturated heterocycles. The second-order valence-electron chi connectivity index (χ2n) is 5.09. The molecule has 1 fully saturated rings. The number of benzene rings is 1. The summed E-state index contributed by atoms with van der Waals surface area (Å²) < 4.78 is 5.27. The van der Waals surface area contributed by atoms with Crippen LogP contribution in [0, 0.1) is 5.92 Å². The van der Waals surface area contributed by atoms with Gasteiger partial charge in [-0.15, -0.1) is 11.8 Å². The zero-order valence-corrected chi connectivity index (χ0v) is 11.8. The molecule has 1 amide bonds. The first kappa shape index (κ1) is 12.8. The van der Waals surface area contributed by atoms with Crippen molar-refractivity contribution in [2.24, 2.45) is 5.92 Å². The van der Waals surface area contributed by atoms with Gasteiger partial charge in [0.2, 0.25) is 5.91 Å². The summed E-state index contributed by atoms with van der Waals surface area (Å²) in [5, 5.41) is 6.44. The van der Waals surface area contributed by atoms with Crippen LogP contribution in [0.1, 0.15) is 12.8 Å². The van der Waals surface area contributed by atoms with Crippen molar-refractivity contribution in [2.45, 2.75) is 23.8 Å². The van der Waals surface area contributed by atoms with E-state index in [1.54, 1.807) is 18.9 Å². The Morgan fingerprint density at radius 1 is 1.53 bits per heavy atom. The van der Waals surface area contributed by atoms with Crippen molar-refractivity contribution in [1.82, 2.24) is 0 Å². The van der Waals surface area contributed by atoms with Crippen LogP contribution in [0.5, 0.6) is 0 Å². The first-order valence-corrected chi connectivity index (χ1v) is 7.57. The van der Waals surface area contributed by atoms with E-state index < -0.39 is 0 Å². The largest absolute Gasteiger partial charge is 0.383 e. The number of methoxy groups -OCH3 is 1. The van der Waals surface area contributed by atoms with Crippen LogP contribution in [-0.2, 0) is 9.53 Å². The SMILES string of the molecule is COCC(Nc1ccc2c(c1)NC(=O)CS2)C1CC1. The highest BCUT2D eigenvalue weighted by molar-refractivity contribution is 8.00. The minimum absolute atomic E-state index is 0.0743. The van der Waals surface area contributed by atoms with Crippen molar-refractivity contribution >= 4 is 29.0 Å². The van der Waals surface area contributed by atoms with Gasteiger partial charge >= 0.3 is 0 Å². The molecule has 0 radical (unpaired) electrons. The molecule has 0 spiro atoms. The molecule has 1 heterocycles. The zero-order chi connectivity index (χ0) is 13.2. The van der Waals surface area contributed by atoms with Gasteiger partial charge in [-0.25, -0.2) is 0 Å². The van der Waals surface area contributed by atoms with Gasteiger partial charge in [-0.2, -0.15) is 0 Å². The van der Waals surface area contributed by atoms with E-state index in [4.69, 9.17) is 4.74 Å². The summed E-state index contributed by atoms with van der Waals surface area (Å²) in [4.78, 5) is 12.5. The average Bonchev–Trinajstić information content (AvgIpc) is 3.22. The quantitative estimate of drug-likeness (QED) is 0.869. The van der Waals surface area contributed by atoms with Crippen molar-refractivity contribution in [3.8, 4) is 0 Å². The molecule has 3 rings (SSSR count). The van der Waals surface area contributed by atoms with E-state index in [0.29, 0.717) is 11.8 Å². The summed E-state index contributed by atoms with van der Waals surface area (Å²) in [6, 6.07) is 6.53. The highest BCUT2D eigenvalue weighted by atomic mass is 32.2. The van der Waals surface area contributed by atoms with Gasteiger partial charge in [0.15, 0.2) is 0 Å². The van der Waals surface area contributed by atoms with Crippen LogP contribution in [0.15, 0.2) is 23.1 Å². The van der Waals surface area contributed by atoms with Gasteiger partial charge in [0.05, 0.1) is 24.1 Å². The van der Waals surface area contributed by atoms with Crippen LogP contribution in [0.2, 0.25) is 0 Å². The average molecular weight is 278 g/mol. The molecule has 0 bridgehead atoms.